The first-order valence-corrected chi connectivity index (χ1v) is 4.95. The normalized spacial score (nSPS) is 35.8. The molecule has 0 aromatic heterocycles. The first-order valence-electron chi connectivity index (χ1n) is 4.95. The van der Waals surface area contributed by atoms with Crippen LogP contribution in [0.4, 0.5) is 0 Å². The van der Waals surface area contributed by atoms with Crippen molar-refractivity contribution in [3.63, 3.8) is 0 Å². The molecule has 2 unspecified atom stereocenters. The van der Waals surface area contributed by atoms with Crippen LogP contribution in [0.3, 0.4) is 0 Å². The lowest BCUT2D eigenvalue weighted by Gasteiger charge is -2.23. The molecular formula is C10H21NO. The van der Waals surface area contributed by atoms with Crippen LogP contribution in [-0.2, 0) is 4.74 Å². The average molecular weight is 171 g/mol. The summed E-state index contributed by atoms with van der Waals surface area (Å²) in [6.45, 7) is 6.18. The number of hydrogen-bond donors (Lipinski definition) is 1. The van der Waals surface area contributed by atoms with Gasteiger partial charge in [0.1, 0.15) is 0 Å². The van der Waals surface area contributed by atoms with Crippen molar-refractivity contribution in [2.75, 3.05) is 20.3 Å². The molecule has 0 aromatic carbocycles. The molecule has 0 radical (unpaired) electrons. The van der Waals surface area contributed by atoms with Gasteiger partial charge in [0.05, 0.1) is 6.61 Å². The van der Waals surface area contributed by atoms with Gasteiger partial charge in [0.2, 0.25) is 0 Å². The molecule has 1 fully saturated rings. The molecule has 0 aromatic rings. The number of ether oxygens (including phenoxy) is 1. The van der Waals surface area contributed by atoms with Gasteiger partial charge in [0, 0.05) is 12.6 Å². The van der Waals surface area contributed by atoms with Gasteiger partial charge in [-0.25, -0.2) is 0 Å². The van der Waals surface area contributed by atoms with Gasteiger partial charge >= 0.3 is 0 Å². The molecule has 2 nitrogen and oxygen atoms in total. The minimum atomic E-state index is 0.434. The van der Waals surface area contributed by atoms with E-state index in [1.807, 2.05) is 0 Å². The lowest BCUT2D eigenvalue weighted by atomic mass is 9.90. The molecule has 1 aliphatic carbocycles. The van der Waals surface area contributed by atoms with Crippen molar-refractivity contribution in [1.82, 2.24) is 5.32 Å². The number of nitrogens with one attached hydrogen (secondary N) is 1. The first kappa shape index (κ1) is 10.0. The van der Waals surface area contributed by atoms with Crippen molar-refractivity contribution in [2.45, 2.75) is 39.2 Å². The summed E-state index contributed by atoms with van der Waals surface area (Å²) < 4.78 is 5.49. The number of rotatable bonds is 4. The molecule has 0 saturated heterocycles. The zero-order valence-corrected chi connectivity index (χ0v) is 8.52. The highest BCUT2D eigenvalue weighted by Gasteiger charge is 2.34. The zero-order chi connectivity index (χ0) is 9.03. The van der Waals surface area contributed by atoms with Crippen LogP contribution < -0.4 is 5.32 Å². The largest absolute Gasteiger partial charge is 0.381 e. The van der Waals surface area contributed by atoms with Gasteiger partial charge in [-0.3, -0.25) is 0 Å². The predicted molar refractivity (Wildman–Crippen MR) is 51.3 cm³/mol. The summed E-state index contributed by atoms with van der Waals surface area (Å²) in [6, 6.07) is 0.718. The Morgan fingerprint density at radius 3 is 2.83 bits per heavy atom. The fraction of sp³-hybridized carbons (Fsp3) is 1.00. The molecule has 1 N–H and O–H groups in total. The van der Waals surface area contributed by atoms with Crippen LogP contribution in [0.1, 0.15) is 33.1 Å². The molecule has 2 heteroatoms. The summed E-state index contributed by atoms with van der Waals surface area (Å²) in [6.07, 6.45) is 3.88. The van der Waals surface area contributed by atoms with Crippen LogP contribution in [0.15, 0.2) is 0 Å². The highest BCUT2D eigenvalue weighted by Crippen LogP contribution is 2.37. The van der Waals surface area contributed by atoms with E-state index in [2.05, 4.69) is 26.2 Å². The van der Waals surface area contributed by atoms with Crippen molar-refractivity contribution >= 4 is 0 Å². The van der Waals surface area contributed by atoms with Crippen LogP contribution in [0, 0.1) is 5.41 Å². The molecule has 0 amide bonds. The topological polar surface area (TPSA) is 21.3 Å². The van der Waals surface area contributed by atoms with E-state index in [4.69, 9.17) is 4.74 Å². The van der Waals surface area contributed by atoms with Crippen molar-refractivity contribution < 1.29 is 4.74 Å². The second-order valence-electron chi connectivity index (χ2n) is 4.18. The molecule has 12 heavy (non-hydrogen) atoms. The van der Waals surface area contributed by atoms with Gasteiger partial charge in [-0.05, 0) is 38.6 Å². The van der Waals surface area contributed by atoms with Gasteiger partial charge in [0.25, 0.3) is 0 Å². The summed E-state index contributed by atoms with van der Waals surface area (Å²) in [7, 11) is 2.05. The lowest BCUT2D eigenvalue weighted by Crippen LogP contribution is -2.26. The summed E-state index contributed by atoms with van der Waals surface area (Å²) >= 11 is 0. The van der Waals surface area contributed by atoms with Gasteiger partial charge in [-0.2, -0.15) is 0 Å². The third-order valence-corrected chi connectivity index (χ3v) is 2.90. The molecule has 1 rings (SSSR count). The highest BCUT2D eigenvalue weighted by atomic mass is 16.5. The molecular weight excluding hydrogens is 150 g/mol. The second kappa shape index (κ2) is 4.24. The predicted octanol–water partition coefficient (Wildman–Crippen LogP) is 1.80. The van der Waals surface area contributed by atoms with Crippen molar-refractivity contribution in [3.8, 4) is 0 Å². The molecule has 1 saturated carbocycles. The van der Waals surface area contributed by atoms with Crippen LogP contribution >= 0.6 is 0 Å². The Bertz CT molecular complexity index is 138. The van der Waals surface area contributed by atoms with E-state index >= 15 is 0 Å². The smallest absolute Gasteiger partial charge is 0.0520 e. The van der Waals surface area contributed by atoms with E-state index in [0.29, 0.717) is 5.41 Å². The monoisotopic (exact) mass is 171 g/mol. The maximum atomic E-state index is 5.49. The minimum Gasteiger partial charge on any atom is -0.381 e. The second-order valence-corrected chi connectivity index (χ2v) is 4.18. The summed E-state index contributed by atoms with van der Waals surface area (Å²) in [5, 5.41) is 3.34. The fourth-order valence-corrected chi connectivity index (χ4v) is 2.05. The van der Waals surface area contributed by atoms with E-state index in [1.165, 1.54) is 19.3 Å². The van der Waals surface area contributed by atoms with Crippen LogP contribution in [0.5, 0.6) is 0 Å². The van der Waals surface area contributed by atoms with Gasteiger partial charge in [0.15, 0.2) is 0 Å². The van der Waals surface area contributed by atoms with Gasteiger partial charge < -0.3 is 10.1 Å². The standard InChI is InChI=1S/C10H21NO/c1-4-12-8-10(2)6-5-9(7-10)11-3/h9,11H,4-8H2,1-3H3. The SMILES string of the molecule is CCOCC1(C)CCC(NC)C1. The Morgan fingerprint density at radius 2 is 2.33 bits per heavy atom. The Kier molecular flexibility index (Phi) is 3.53. The van der Waals surface area contributed by atoms with Gasteiger partial charge in [-0.1, -0.05) is 6.92 Å². The van der Waals surface area contributed by atoms with E-state index in [1.54, 1.807) is 0 Å². The molecule has 0 spiro atoms. The van der Waals surface area contributed by atoms with Crippen molar-refractivity contribution in [3.05, 3.63) is 0 Å². The minimum absolute atomic E-state index is 0.434. The third-order valence-electron chi connectivity index (χ3n) is 2.90. The Labute approximate surface area is 75.7 Å². The van der Waals surface area contributed by atoms with Crippen LogP contribution in [0.2, 0.25) is 0 Å². The van der Waals surface area contributed by atoms with Crippen LogP contribution in [-0.4, -0.2) is 26.3 Å². The molecule has 72 valence electrons. The van der Waals surface area contributed by atoms with Crippen molar-refractivity contribution in [1.29, 1.82) is 0 Å². The lowest BCUT2D eigenvalue weighted by molar-refractivity contribution is 0.0633. The molecule has 1 aliphatic rings. The van der Waals surface area contributed by atoms with Crippen molar-refractivity contribution in [2.24, 2.45) is 5.41 Å². The molecule has 0 aliphatic heterocycles. The summed E-state index contributed by atoms with van der Waals surface area (Å²) in [4.78, 5) is 0. The van der Waals surface area contributed by atoms with E-state index < -0.39 is 0 Å². The van der Waals surface area contributed by atoms with E-state index in [-0.39, 0.29) is 0 Å². The van der Waals surface area contributed by atoms with E-state index in [9.17, 15) is 0 Å². The van der Waals surface area contributed by atoms with Gasteiger partial charge in [-0.15, -0.1) is 0 Å². The number of hydrogen-bond acceptors (Lipinski definition) is 2. The maximum Gasteiger partial charge on any atom is 0.0520 e. The molecule has 0 heterocycles. The summed E-state index contributed by atoms with van der Waals surface area (Å²) in [5.41, 5.74) is 0.434. The zero-order valence-electron chi connectivity index (χ0n) is 8.52. The highest BCUT2D eigenvalue weighted by molar-refractivity contribution is 4.88. The summed E-state index contributed by atoms with van der Waals surface area (Å²) in [5.74, 6) is 0. The van der Waals surface area contributed by atoms with Crippen LogP contribution in [0.25, 0.3) is 0 Å². The quantitative estimate of drug-likeness (QED) is 0.696. The first-order chi connectivity index (χ1) is 5.70. The Hall–Kier alpha value is -0.0800. The third kappa shape index (κ3) is 2.46. The molecule has 2 atom stereocenters. The van der Waals surface area contributed by atoms with E-state index in [0.717, 1.165) is 19.3 Å². The maximum absolute atomic E-state index is 5.49. The fourth-order valence-electron chi connectivity index (χ4n) is 2.05. The average Bonchev–Trinajstić information content (AvgIpc) is 2.45. The Morgan fingerprint density at radius 1 is 1.58 bits per heavy atom. The Balaban J connectivity index is 2.31. The molecule has 0 bridgehead atoms.